The van der Waals surface area contributed by atoms with Crippen molar-refractivity contribution in [3.8, 4) is 0 Å². The molecule has 0 aliphatic rings. The average Bonchev–Trinajstić information content (AvgIpc) is 2.73. The summed E-state index contributed by atoms with van der Waals surface area (Å²) in [6.45, 7) is 1.84. The molecule has 0 amide bonds. The number of rotatable bonds is 4. The van der Waals surface area contributed by atoms with Gasteiger partial charge >= 0.3 is 0 Å². The summed E-state index contributed by atoms with van der Waals surface area (Å²) in [5.74, 6) is 0. The quantitative estimate of drug-likeness (QED) is 0.789. The average molecular weight is 266 g/mol. The van der Waals surface area contributed by atoms with E-state index in [4.69, 9.17) is 4.18 Å². The highest BCUT2D eigenvalue weighted by Gasteiger charge is 2.15. The smallest absolute Gasteiger partial charge is 0.275 e. The molecule has 0 N–H and O–H groups in total. The molecule has 0 fully saturated rings. The normalized spacial score (nSPS) is 11.7. The summed E-state index contributed by atoms with van der Waals surface area (Å²) < 4.78 is 30.3. The Bertz CT molecular complexity index is 630. The van der Waals surface area contributed by atoms with Crippen molar-refractivity contribution < 1.29 is 12.6 Å². The zero-order valence-electron chi connectivity index (χ0n) is 10.2. The third-order valence-electron chi connectivity index (χ3n) is 2.44. The summed E-state index contributed by atoms with van der Waals surface area (Å²) in [5, 5.41) is 4.05. The molecule has 5 nitrogen and oxygen atoms in total. The van der Waals surface area contributed by atoms with Gasteiger partial charge in [-0.15, -0.1) is 0 Å². The zero-order valence-corrected chi connectivity index (χ0v) is 11.0. The van der Waals surface area contributed by atoms with Crippen LogP contribution in [0.25, 0.3) is 0 Å². The van der Waals surface area contributed by atoms with Gasteiger partial charge in [0.2, 0.25) is 0 Å². The van der Waals surface area contributed by atoms with Gasteiger partial charge in [0, 0.05) is 13.2 Å². The third-order valence-corrected chi connectivity index (χ3v) is 3.72. The Kier molecular flexibility index (Phi) is 3.49. The Balaban J connectivity index is 2.10. The lowest BCUT2D eigenvalue weighted by molar-refractivity contribution is 0.302. The van der Waals surface area contributed by atoms with Crippen molar-refractivity contribution in [1.82, 2.24) is 9.78 Å². The molecular formula is C12H14N2O3S. The van der Waals surface area contributed by atoms with Crippen molar-refractivity contribution >= 4 is 10.1 Å². The number of benzene rings is 1. The van der Waals surface area contributed by atoms with Crippen molar-refractivity contribution in [2.24, 2.45) is 7.05 Å². The molecule has 0 radical (unpaired) electrons. The highest BCUT2D eigenvalue weighted by molar-refractivity contribution is 7.86. The van der Waals surface area contributed by atoms with E-state index in [2.05, 4.69) is 5.10 Å². The van der Waals surface area contributed by atoms with Crippen LogP contribution in [0.4, 0.5) is 0 Å². The van der Waals surface area contributed by atoms with Gasteiger partial charge in [0.05, 0.1) is 10.6 Å². The van der Waals surface area contributed by atoms with Gasteiger partial charge in [-0.2, -0.15) is 13.5 Å². The van der Waals surface area contributed by atoms with Crippen LogP contribution in [0.5, 0.6) is 0 Å². The van der Waals surface area contributed by atoms with Crippen LogP contribution in [0.1, 0.15) is 11.3 Å². The molecule has 0 spiro atoms. The Labute approximate surface area is 106 Å². The first-order valence-electron chi connectivity index (χ1n) is 5.42. The molecule has 1 aromatic heterocycles. The minimum absolute atomic E-state index is 0.0585. The first-order valence-corrected chi connectivity index (χ1v) is 6.83. The molecule has 0 aliphatic carbocycles. The fourth-order valence-electron chi connectivity index (χ4n) is 1.45. The van der Waals surface area contributed by atoms with E-state index >= 15 is 0 Å². The van der Waals surface area contributed by atoms with E-state index in [9.17, 15) is 8.42 Å². The lowest BCUT2D eigenvalue weighted by Gasteiger charge is -2.04. The fraction of sp³-hybridized carbons (Fsp3) is 0.250. The van der Waals surface area contributed by atoms with Gasteiger partial charge in [0.1, 0.15) is 6.61 Å². The van der Waals surface area contributed by atoms with Crippen LogP contribution in [-0.4, -0.2) is 18.2 Å². The first kappa shape index (κ1) is 12.8. The van der Waals surface area contributed by atoms with Crippen molar-refractivity contribution in [1.29, 1.82) is 0 Å². The van der Waals surface area contributed by atoms with Crippen LogP contribution in [0.3, 0.4) is 0 Å². The highest BCUT2D eigenvalue weighted by Crippen LogP contribution is 2.14. The van der Waals surface area contributed by atoms with Crippen molar-refractivity contribution in [2.75, 3.05) is 0 Å². The van der Waals surface area contributed by atoms with E-state index in [-0.39, 0.29) is 11.5 Å². The van der Waals surface area contributed by atoms with Crippen LogP contribution in [0, 0.1) is 6.92 Å². The second-order valence-corrected chi connectivity index (χ2v) is 5.63. The predicted octanol–water partition coefficient (Wildman–Crippen LogP) is 1.63. The summed E-state index contributed by atoms with van der Waals surface area (Å²) in [4.78, 5) is 0.157. The van der Waals surface area contributed by atoms with Gasteiger partial charge in [-0.25, -0.2) is 0 Å². The lowest BCUT2D eigenvalue weighted by atomic mass is 10.2. The van der Waals surface area contributed by atoms with Crippen molar-refractivity contribution in [2.45, 2.75) is 18.4 Å². The Hall–Kier alpha value is -1.66. The van der Waals surface area contributed by atoms with Gasteiger partial charge < -0.3 is 0 Å². The predicted molar refractivity (Wildman–Crippen MR) is 66.4 cm³/mol. The molecule has 0 aliphatic heterocycles. The molecule has 0 unspecified atom stereocenters. The molecule has 0 saturated heterocycles. The molecule has 2 aromatic rings. The van der Waals surface area contributed by atoms with Crippen LogP contribution in [0.2, 0.25) is 0 Å². The van der Waals surface area contributed by atoms with Gasteiger partial charge in [-0.3, -0.25) is 8.86 Å². The number of hydrogen-bond donors (Lipinski definition) is 0. The topological polar surface area (TPSA) is 61.2 Å². The maximum absolute atomic E-state index is 11.9. The van der Waals surface area contributed by atoms with Crippen molar-refractivity contribution in [3.63, 3.8) is 0 Å². The summed E-state index contributed by atoms with van der Waals surface area (Å²) in [5.41, 5.74) is 1.58. The van der Waals surface area contributed by atoms with E-state index in [0.717, 1.165) is 5.56 Å². The van der Waals surface area contributed by atoms with Gasteiger partial charge in [-0.05, 0) is 25.1 Å². The van der Waals surface area contributed by atoms with Crippen molar-refractivity contribution in [3.05, 3.63) is 47.8 Å². The summed E-state index contributed by atoms with van der Waals surface area (Å²) in [6, 6.07) is 8.24. The minimum atomic E-state index is -3.72. The van der Waals surface area contributed by atoms with E-state index < -0.39 is 10.1 Å². The largest absolute Gasteiger partial charge is 0.297 e. The Morgan fingerprint density at radius 2 is 1.89 bits per heavy atom. The number of nitrogens with zero attached hydrogens (tertiary/aromatic N) is 2. The molecule has 18 heavy (non-hydrogen) atoms. The Morgan fingerprint density at radius 3 is 2.44 bits per heavy atom. The second-order valence-electron chi connectivity index (χ2n) is 4.01. The standard InChI is InChI=1S/C12H14N2O3S/c1-10-3-5-12(6-4-10)18(15,16)17-9-11-7-8-14(2)13-11/h3-8H,9H2,1-2H3. The molecule has 1 aromatic carbocycles. The molecule has 96 valence electrons. The summed E-state index contributed by atoms with van der Waals surface area (Å²) in [6.07, 6.45) is 1.73. The third kappa shape index (κ3) is 2.96. The molecular weight excluding hydrogens is 252 g/mol. The number of aromatic nitrogens is 2. The van der Waals surface area contributed by atoms with Gasteiger partial charge in [0.15, 0.2) is 0 Å². The highest BCUT2D eigenvalue weighted by atomic mass is 32.2. The van der Waals surface area contributed by atoms with E-state index in [1.165, 1.54) is 12.1 Å². The summed E-state index contributed by atoms with van der Waals surface area (Å²) >= 11 is 0. The summed E-state index contributed by atoms with van der Waals surface area (Å²) in [7, 11) is -1.95. The zero-order chi connectivity index (χ0) is 13.2. The number of hydrogen-bond acceptors (Lipinski definition) is 4. The first-order chi connectivity index (χ1) is 8.47. The molecule has 2 rings (SSSR count). The Morgan fingerprint density at radius 1 is 1.22 bits per heavy atom. The lowest BCUT2D eigenvalue weighted by Crippen LogP contribution is -2.07. The van der Waals surface area contributed by atoms with E-state index in [1.807, 2.05) is 6.92 Å². The molecule has 0 bridgehead atoms. The van der Waals surface area contributed by atoms with Crippen LogP contribution < -0.4 is 0 Å². The van der Waals surface area contributed by atoms with E-state index in [0.29, 0.717) is 5.69 Å². The second kappa shape index (κ2) is 4.91. The van der Waals surface area contributed by atoms with Gasteiger partial charge in [-0.1, -0.05) is 17.7 Å². The maximum Gasteiger partial charge on any atom is 0.297 e. The molecule has 1 heterocycles. The van der Waals surface area contributed by atoms with Gasteiger partial charge in [0.25, 0.3) is 10.1 Å². The molecule has 0 atom stereocenters. The maximum atomic E-state index is 11.9. The fourth-order valence-corrected chi connectivity index (χ4v) is 2.33. The molecule has 6 heteroatoms. The molecule has 0 saturated carbocycles. The SMILES string of the molecule is Cc1ccc(S(=O)(=O)OCc2ccn(C)n2)cc1. The van der Waals surface area contributed by atoms with E-state index in [1.54, 1.807) is 36.1 Å². The minimum Gasteiger partial charge on any atom is -0.275 e. The number of aryl methyl sites for hydroxylation is 2. The monoisotopic (exact) mass is 266 g/mol. The van der Waals surface area contributed by atoms with Crippen LogP contribution in [-0.2, 0) is 28.0 Å². The van der Waals surface area contributed by atoms with Crippen LogP contribution >= 0.6 is 0 Å². The van der Waals surface area contributed by atoms with Crippen LogP contribution in [0.15, 0.2) is 41.4 Å².